The second-order valence-electron chi connectivity index (χ2n) is 7.66. The molecule has 1 amide bonds. The molecule has 10 nitrogen and oxygen atoms in total. The molecule has 2 aromatic heterocycles. The first-order valence-corrected chi connectivity index (χ1v) is 10.1. The Morgan fingerprint density at radius 1 is 1.38 bits per heavy atom. The maximum Gasteiger partial charge on any atom is 0.360 e. The molecule has 10 heteroatoms. The second-order valence-corrected chi connectivity index (χ2v) is 7.66. The number of H-pyrrole nitrogens is 1. The van der Waals surface area contributed by atoms with Crippen LogP contribution in [-0.4, -0.2) is 63.4 Å². The average Bonchev–Trinajstić information content (AvgIpc) is 3.36. The van der Waals surface area contributed by atoms with E-state index in [9.17, 15) is 9.59 Å². The van der Waals surface area contributed by atoms with Crippen LogP contribution in [0.5, 0.6) is 0 Å². The molecule has 0 radical (unpaired) electrons. The van der Waals surface area contributed by atoms with Crippen molar-refractivity contribution >= 4 is 11.9 Å². The first kappa shape index (κ1) is 19.6. The summed E-state index contributed by atoms with van der Waals surface area (Å²) in [5.41, 5.74) is 2.70. The summed E-state index contributed by atoms with van der Waals surface area (Å²) < 4.78 is 12.7. The highest BCUT2D eigenvalue weighted by atomic mass is 16.5. The summed E-state index contributed by atoms with van der Waals surface area (Å²) in [6.07, 6.45) is 5.27. The molecule has 0 saturated carbocycles. The molecule has 2 aliphatic rings. The molecule has 1 fully saturated rings. The summed E-state index contributed by atoms with van der Waals surface area (Å²) in [5.74, 6) is -0.545. The third kappa shape index (κ3) is 4.02. The fraction of sp³-hybridized carbons (Fsp3) is 0.632. The van der Waals surface area contributed by atoms with Gasteiger partial charge in [-0.1, -0.05) is 6.92 Å². The van der Waals surface area contributed by atoms with Gasteiger partial charge in [0.15, 0.2) is 5.69 Å². The first-order valence-electron chi connectivity index (χ1n) is 10.1. The molecule has 2 aliphatic heterocycles. The van der Waals surface area contributed by atoms with Gasteiger partial charge in [0.05, 0.1) is 29.8 Å². The molecule has 0 unspecified atom stereocenters. The Labute approximate surface area is 168 Å². The minimum absolute atomic E-state index is 0.0153. The van der Waals surface area contributed by atoms with E-state index >= 15 is 0 Å². The molecule has 29 heavy (non-hydrogen) atoms. The third-order valence-corrected chi connectivity index (χ3v) is 5.78. The summed E-state index contributed by atoms with van der Waals surface area (Å²) in [4.78, 5) is 24.7. The highest BCUT2D eigenvalue weighted by Crippen LogP contribution is 2.37. The minimum Gasteiger partial charge on any atom is -0.461 e. The number of fused-ring (bicyclic) bond motifs is 1. The average molecular weight is 402 g/mol. The van der Waals surface area contributed by atoms with E-state index in [0.717, 1.165) is 49.4 Å². The molecule has 0 aliphatic carbocycles. The van der Waals surface area contributed by atoms with Gasteiger partial charge in [0.2, 0.25) is 0 Å². The van der Waals surface area contributed by atoms with E-state index in [1.807, 2.05) is 11.6 Å². The highest BCUT2D eigenvalue weighted by molar-refractivity contribution is 5.97. The van der Waals surface area contributed by atoms with Crippen LogP contribution in [0.2, 0.25) is 0 Å². The van der Waals surface area contributed by atoms with Crippen molar-refractivity contribution in [2.75, 3.05) is 26.4 Å². The van der Waals surface area contributed by atoms with E-state index in [2.05, 4.69) is 20.7 Å². The zero-order chi connectivity index (χ0) is 20.3. The minimum atomic E-state index is -0.507. The number of rotatable bonds is 6. The highest BCUT2D eigenvalue weighted by Gasteiger charge is 2.39. The lowest BCUT2D eigenvalue weighted by Gasteiger charge is -2.36. The number of hydrogen-bond acceptors (Lipinski definition) is 7. The number of esters is 1. The first-order chi connectivity index (χ1) is 14.1. The SMILES string of the molecule is CCc1nn(CCCOC(=O)c2cn[nH]n2)c2c1C(=O)NCC1(CCOCC1)C2. The number of hydrogen-bond donors (Lipinski definition) is 2. The van der Waals surface area contributed by atoms with Gasteiger partial charge in [-0.15, -0.1) is 5.10 Å². The summed E-state index contributed by atoms with van der Waals surface area (Å²) in [5, 5.41) is 17.5. The van der Waals surface area contributed by atoms with Gasteiger partial charge in [-0.05, 0) is 31.1 Å². The molecule has 2 aromatic rings. The Hall–Kier alpha value is -2.75. The van der Waals surface area contributed by atoms with Crippen molar-refractivity contribution in [1.29, 1.82) is 0 Å². The molecule has 0 aromatic carbocycles. The summed E-state index contributed by atoms with van der Waals surface area (Å²) in [6.45, 7) is 4.94. The molecule has 2 N–H and O–H groups in total. The van der Waals surface area contributed by atoms with E-state index in [1.165, 1.54) is 6.20 Å². The Morgan fingerprint density at radius 3 is 2.93 bits per heavy atom. The number of ether oxygens (including phenoxy) is 2. The van der Waals surface area contributed by atoms with Crippen LogP contribution in [-0.2, 0) is 28.9 Å². The van der Waals surface area contributed by atoms with Crippen molar-refractivity contribution in [3.8, 4) is 0 Å². The molecule has 1 saturated heterocycles. The van der Waals surface area contributed by atoms with Gasteiger partial charge in [-0.3, -0.25) is 9.48 Å². The van der Waals surface area contributed by atoms with Crippen LogP contribution in [0, 0.1) is 5.41 Å². The number of carbonyl (C=O) groups is 2. The standard InChI is InChI=1S/C19H26N6O4/c1-2-13-16-15(10-19(12-20-17(16)26)4-8-28-9-5-19)25(23-13)6-3-7-29-18(27)14-11-21-24-22-14/h11H,2-10,12H2,1H3,(H,20,26)(H,21,22,24). The fourth-order valence-electron chi connectivity index (χ4n) is 4.11. The molecule has 0 bridgehead atoms. The fourth-order valence-corrected chi connectivity index (χ4v) is 4.11. The van der Waals surface area contributed by atoms with Gasteiger partial charge in [0.25, 0.3) is 5.91 Å². The Morgan fingerprint density at radius 2 is 2.21 bits per heavy atom. The van der Waals surface area contributed by atoms with Gasteiger partial charge < -0.3 is 14.8 Å². The molecule has 0 atom stereocenters. The van der Waals surface area contributed by atoms with E-state index in [4.69, 9.17) is 14.6 Å². The maximum atomic E-state index is 12.8. The van der Waals surface area contributed by atoms with Crippen molar-refractivity contribution in [2.24, 2.45) is 5.41 Å². The second kappa shape index (κ2) is 8.32. The van der Waals surface area contributed by atoms with Crippen LogP contribution in [0.15, 0.2) is 6.20 Å². The molecule has 156 valence electrons. The van der Waals surface area contributed by atoms with E-state index < -0.39 is 5.97 Å². The predicted molar refractivity (Wildman–Crippen MR) is 101 cm³/mol. The van der Waals surface area contributed by atoms with Crippen molar-refractivity contribution < 1.29 is 19.1 Å². The zero-order valence-electron chi connectivity index (χ0n) is 16.6. The van der Waals surface area contributed by atoms with E-state index in [0.29, 0.717) is 25.9 Å². The largest absolute Gasteiger partial charge is 0.461 e. The number of nitrogens with one attached hydrogen (secondary N) is 2. The Balaban J connectivity index is 1.47. The molecular weight excluding hydrogens is 376 g/mol. The molecular formula is C19H26N6O4. The van der Waals surface area contributed by atoms with Crippen LogP contribution >= 0.6 is 0 Å². The normalized spacial score (nSPS) is 18.2. The Bertz CT molecular complexity index is 870. The van der Waals surface area contributed by atoms with Crippen molar-refractivity contribution in [2.45, 2.75) is 45.6 Å². The number of aryl methyl sites for hydroxylation is 2. The lowest BCUT2D eigenvalue weighted by atomic mass is 9.76. The van der Waals surface area contributed by atoms with Gasteiger partial charge in [0, 0.05) is 32.7 Å². The van der Waals surface area contributed by atoms with Gasteiger partial charge in [-0.25, -0.2) is 4.79 Å². The molecule has 4 heterocycles. The van der Waals surface area contributed by atoms with Crippen LogP contribution in [0.4, 0.5) is 0 Å². The van der Waals surface area contributed by atoms with E-state index in [1.54, 1.807) is 0 Å². The lowest BCUT2D eigenvalue weighted by molar-refractivity contribution is 0.0152. The van der Waals surface area contributed by atoms with Gasteiger partial charge in [-0.2, -0.15) is 15.4 Å². The molecule has 1 spiro atoms. The lowest BCUT2D eigenvalue weighted by Crippen LogP contribution is -2.40. The summed E-state index contributed by atoms with van der Waals surface area (Å²) in [7, 11) is 0. The molecule has 4 rings (SSSR count). The number of carbonyl (C=O) groups excluding carboxylic acids is 2. The smallest absolute Gasteiger partial charge is 0.360 e. The van der Waals surface area contributed by atoms with Crippen molar-refractivity contribution in [3.05, 3.63) is 28.8 Å². The van der Waals surface area contributed by atoms with Crippen LogP contribution in [0.1, 0.15) is 58.4 Å². The zero-order valence-corrected chi connectivity index (χ0v) is 16.6. The number of aromatic amines is 1. The van der Waals surface area contributed by atoms with Crippen LogP contribution in [0.3, 0.4) is 0 Å². The van der Waals surface area contributed by atoms with Gasteiger partial charge >= 0.3 is 5.97 Å². The Kier molecular flexibility index (Phi) is 5.61. The monoisotopic (exact) mass is 402 g/mol. The van der Waals surface area contributed by atoms with Gasteiger partial charge in [0.1, 0.15) is 0 Å². The third-order valence-electron chi connectivity index (χ3n) is 5.78. The van der Waals surface area contributed by atoms with Crippen molar-refractivity contribution in [3.63, 3.8) is 0 Å². The predicted octanol–water partition coefficient (Wildman–Crippen LogP) is 0.893. The number of nitrogens with zero attached hydrogens (tertiary/aromatic N) is 4. The van der Waals surface area contributed by atoms with E-state index in [-0.39, 0.29) is 23.6 Å². The van der Waals surface area contributed by atoms with Crippen LogP contribution < -0.4 is 5.32 Å². The number of amides is 1. The maximum absolute atomic E-state index is 12.8. The quantitative estimate of drug-likeness (QED) is 0.543. The summed E-state index contributed by atoms with van der Waals surface area (Å²) in [6, 6.07) is 0. The van der Waals surface area contributed by atoms with Crippen molar-refractivity contribution in [1.82, 2.24) is 30.5 Å². The summed E-state index contributed by atoms with van der Waals surface area (Å²) >= 11 is 0. The topological polar surface area (TPSA) is 124 Å². The number of aromatic nitrogens is 5. The van der Waals surface area contributed by atoms with Crippen LogP contribution in [0.25, 0.3) is 0 Å².